The van der Waals surface area contributed by atoms with Gasteiger partial charge in [0.1, 0.15) is 0 Å². The number of halogens is 1. The van der Waals surface area contributed by atoms with E-state index >= 15 is 0 Å². The van der Waals surface area contributed by atoms with E-state index in [-0.39, 0.29) is 5.92 Å². The molecule has 0 radical (unpaired) electrons. The van der Waals surface area contributed by atoms with Crippen molar-refractivity contribution in [1.82, 2.24) is 15.5 Å². The Kier molecular flexibility index (Phi) is 5.74. The second-order valence-corrected chi connectivity index (χ2v) is 6.67. The van der Waals surface area contributed by atoms with Crippen molar-refractivity contribution >= 4 is 27.3 Å². The average molecular weight is 358 g/mol. The molecule has 110 valence electrons. The van der Waals surface area contributed by atoms with Crippen LogP contribution in [0.15, 0.2) is 20.4 Å². The van der Waals surface area contributed by atoms with E-state index in [9.17, 15) is 0 Å². The van der Waals surface area contributed by atoms with E-state index in [1.54, 1.807) is 11.3 Å². The first kappa shape index (κ1) is 15.7. The van der Waals surface area contributed by atoms with E-state index in [2.05, 4.69) is 52.2 Å². The minimum Gasteiger partial charge on any atom is -0.339 e. The minimum absolute atomic E-state index is 0.219. The Bertz CT molecular complexity index is 540. The van der Waals surface area contributed by atoms with Gasteiger partial charge in [0.25, 0.3) is 0 Å². The molecule has 0 saturated heterocycles. The molecule has 0 aromatic carbocycles. The molecule has 0 bridgehead atoms. The van der Waals surface area contributed by atoms with Crippen molar-refractivity contribution in [2.75, 3.05) is 6.54 Å². The van der Waals surface area contributed by atoms with Crippen molar-refractivity contribution < 1.29 is 4.52 Å². The van der Waals surface area contributed by atoms with Gasteiger partial charge >= 0.3 is 0 Å². The van der Waals surface area contributed by atoms with Crippen LogP contribution in [0.25, 0.3) is 10.7 Å². The van der Waals surface area contributed by atoms with E-state index in [1.807, 2.05) is 11.4 Å². The molecule has 20 heavy (non-hydrogen) atoms. The largest absolute Gasteiger partial charge is 0.339 e. The first-order chi connectivity index (χ1) is 9.65. The molecule has 2 aromatic heterocycles. The molecule has 2 atom stereocenters. The summed E-state index contributed by atoms with van der Waals surface area (Å²) >= 11 is 5.05. The van der Waals surface area contributed by atoms with E-state index in [1.165, 1.54) is 0 Å². The standard InChI is InChI=1S/C14H20BrN3OS/c1-4-6-16-11(5-2)9(3)14-17-13(18-19-14)12-7-10(15)8-20-12/h7-9,11,16H,4-6H2,1-3H3. The van der Waals surface area contributed by atoms with E-state index < -0.39 is 0 Å². The molecule has 0 saturated carbocycles. The highest BCUT2D eigenvalue weighted by molar-refractivity contribution is 9.10. The van der Waals surface area contributed by atoms with Crippen LogP contribution >= 0.6 is 27.3 Å². The monoisotopic (exact) mass is 357 g/mol. The fraction of sp³-hybridized carbons (Fsp3) is 0.571. The average Bonchev–Trinajstić information content (AvgIpc) is 3.07. The summed E-state index contributed by atoms with van der Waals surface area (Å²) in [5, 5.41) is 9.65. The molecule has 0 aliphatic heterocycles. The van der Waals surface area contributed by atoms with Gasteiger partial charge in [-0.15, -0.1) is 11.3 Å². The van der Waals surface area contributed by atoms with Crippen LogP contribution in [-0.4, -0.2) is 22.7 Å². The fourth-order valence-corrected chi connectivity index (χ4v) is 3.48. The Morgan fingerprint density at radius 2 is 2.25 bits per heavy atom. The van der Waals surface area contributed by atoms with Gasteiger partial charge in [0.2, 0.25) is 11.7 Å². The molecular weight excluding hydrogens is 338 g/mol. The Morgan fingerprint density at radius 3 is 2.85 bits per heavy atom. The zero-order valence-corrected chi connectivity index (χ0v) is 14.4. The van der Waals surface area contributed by atoms with Crippen molar-refractivity contribution in [3.8, 4) is 10.7 Å². The van der Waals surface area contributed by atoms with Crippen LogP contribution in [0.5, 0.6) is 0 Å². The molecular formula is C14H20BrN3OS. The zero-order valence-electron chi connectivity index (χ0n) is 12.0. The predicted molar refractivity (Wildman–Crippen MR) is 86.1 cm³/mol. The molecule has 4 nitrogen and oxygen atoms in total. The van der Waals surface area contributed by atoms with Crippen LogP contribution < -0.4 is 5.32 Å². The van der Waals surface area contributed by atoms with Gasteiger partial charge in [-0.25, -0.2) is 0 Å². The number of aromatic nitrogens is 2. The lowest BCUT2D eigenvalue weighted by Gasteiger charge is -2.20. The first-order valence-corrected chi connectivity index (χ1v) is 8.64. The summed E-state index contributed by atoms with van der Waals surface area (Å²) in [4.78, 5) is 5.56. The Balaban J connectivity index is 2.10. The van der Waals surface area contributed by atoms with Crippen molar-refractivity contribution in [2.45, 2.75) is 45.6 Å². The highest BCUT2D eigenvalue weighted by Crippen LogP contribution is 2.29. The normalized spacial score (nSPS) is 14.4. The number of thiophene rings is 1. The SMILES string of the molecule is CCCNC(CC)C(C)c1nc(-c2cc(Br)cs2)no1. The predicted octanol–water partition coefficient (Wildman–Crippen LogP) is 4.44. The van der Waals surface area contributed by atoms with Gasteiger partial charge in [-0.05, 0) is 41.4 Å². The topological polar surface area (TPSA) is 51.0 Å². The van der Waals surface area contributed by atoms with Crippen LogP contribution in [0.2, 0.25) is 0 Å². The summed E-state index contributed by atoms with van der Waals surface area (Å²) in [5.74, 6) is 1.60. The number of rotatable bonds is 7. The third kappa shape index (κ3) is 3.68. The van der Waals surface area contributed by atoms with Gasteiger partial charge in [-0.1, -0.05) is 25.9 Å². The Hall–Kier alpha value is -0.720. The van der Waals surface area contributed by atoms with Gasteiger partial charge in [-0.3, -0.25) is 0 Å². The van der Waals surface area contributed by atoms with Gasteiger partial charge < -0.3 is 9.84 Å². The zero-order chi connectivity index (χ0) is 14.5. The Morgan fingerprint density at radius 1 is 1.45 bits per heavy atom. The van der Waals surface area contributed by atoms with Crippen LogP contribution in [-0.2, 0) is 0 Å². The maximum Gasteiger partial charge on any atom is 0.231 e. The number of hydrogen-bond acceptors (Lipinski definition) is 5. The smallest absolute Gasteiger partial charge is 0.231 e. The third-order valence-electron chi connectivity index (χ3n) is 3.32. The van der Waals surface area contributed by atoms with E-state index in [0.29, 0.717) is 17.8 Å². The van der Waals surface area contributed by atoms with Crippen molar-refractivity contribution in [2.24, 2.45) is 0 Å². The molecule has 0 aliphatic rings. The third-order valence-corrected chi connectivity index (χ3v) is 5.01. The molecule has 2 unspecified atom stereocenters. The lowest BCUT2D eigenvalue weighted by atomic mass is 9.99. The number of nitrogens with zero attached hydrogens (tertiary/aromatic N) is 2. The summed E-state index contributed by atoms with van der Waals surface area (Å²) in [6.45, 7) is 7.50. The van der Waals surface area contributed by atoms with Crippen LogP contribution in [0.1, 0.15) is 45.4 Å². The lowest BCUT2D eigenvalue weighted by molar-refractivity contribution is 0.319. The molecule has 2 rings (SSSR count). The summed E-state index contributed by atoms with van der Waals surface area (Å²) < 4.78 is 6.49. The van der Waals surface area contributed by atoms with Crippen molar-refractivity contribution in [1.29, 1.82) is 0 Å². The lowest BCUT2D eigenvalue weighted by Crippen LogP contribution is -2.33. The van der Waals surface area contributed by atoms with Crippen LogP contribution in [0.3, 0.4) is 0 Å². The molecule has 0 aliphatic carbocycles. The molecule has 2 aromatic rings. The maximum atomic E-state index is 5.44. The molecule has 6 heteroatoms. The molecule has 2 heterocycles. The summed E-state index contributed by atoms with van der Waals surface area (Å²) in [6, 6.07) is 2.38. The second-order valence-electron chi connectivity index (χ2n) is 4.84. The number of hydrogen-bond donors (Lipinski definition) is 1. The molecule has 0 spiro atoms. The molecule has 0 amide bonds. The quantitative estimate of drug-likeness (QED) is 0.795. The van der Waals surface area contributed by atoms with Gasteiger partial charge in [0.05, 0.1) is 10.8 Å². The summed E-state index contributed by atoms with van der Waals surface area (Å²) in [7, 11) is 0. The second kappa shape index (κ2) is 7.33. The Labute approximate surface area is 132 Å². The summed E-state index contributed by atoms with van der Waals surface area (Å²) in [5.41, 5.74) is 0. The highest BCUT2D eigenvalue weighted by Gasteiger charge is 2.23. The number of nitrogens with one attached hydrogen (secondary N) is 1. The first-order valence-electron chi connectivity index (χ1n) is 6.97. The van der Waals surface area contributed by atoms with Gasteiger partial charge in [-0.2, -0.15) is 4.98 Å². The maximum absolute atomic E-state index is 5.44. The van der Waals surface area contributed by atoms with Crippen molar-refractivity contribution in [3.63, 3.8) is 0 Å². The van der Waals surface area contributed by atoms with Crippen LogP contribution in [0, 0.1) is 0 Å². The summed E-state index contributed by atoms with van der Waals surface area (Å²) in [6.07, 6.45) is 2.17. The fourth-order valence-electron chi connectivity index (χ4n) is 2.13. The van der Waals surface area contributed by atoms with E-state index in [4.69, 9.17) is 4.52 Å². The molecule has 0 fully saturated rings. The highest BCUT2D eigenvalue weighted by atomic mass is 79.9. The van der Waals surface area contributed by atoms with Gasteiger partial charge in [0, 0.05) is 15.9 Å². The van der Waals surface area contributed by atoms with Crippen LogP contribution in [0.4, 0.5) is 0 Å². The van der Waals surface area contributed by atoms with Crippen molar-refractivity contribution in [3.05, 3.63) is 21.8 Å². The minimum atomic E-state index is 0.219. The van der Waals surface area contributed by atoms with Gasteiger partial charge in [0.15, 0.2) is 0 Å². The van der Waals surface area contributed by atoms with E-state index in [0.717, 1.165) is 28.7 Å². The molecule has 1 N–H and O–H groups in total.